The molecule has 1 saturated heterocycles. The summed E-state index contributed by atoms with van der Waals surface area (Å²) in [5.74, 6) is 1.08. The van der Waals surface area contributed by atoms with Gasteiger partial charge in [0.25, 0.3) is 0 Å². The van der Waals surface area contributed by atoms with Gasteiger partial charge in [-0.3, -0.25) is 4.90 Å². The van der Waals surface area contributed by atoms with Crippen LogP contribution in [0.25, 0.3) is 10.3 Å². The molecule has 3 rings (SSSR count). The summed E-state index contributed by atoms with van der Waals surface area (Å²) >= 11 is 3.51. The van der Waals surface area contributed by atoms with Crippen molar-refractivity contribution in [3.8, 4) is 0 Å². The first kappa shape index (κ1) is 12.3. The largest absolute Gasteiger partial charge is 0.379 e. The van der Waals surface area contributed by atoms with E-state index >= 15 is 0 Å². The second-order valence-electron chi connectivity index (χ2n) is 4.11. The molecule has 2 aromatic heterocycles. The fraction of sp³-hybridized carbons (Fsp3) is 0.500. The van der Waals surface area contributed by atoms with E-state index in [1.54, 1.807) is 11.3 Å². The van der Waals surface area contributed by atoms with Crippen LogP contribution in [0.15, 0.2) is 22.7 Å². The summed E-state index contributed by atoms with van der Waals surface area (Å²) in [5.41, 5.74) is 1.01. The predicted molar refractivity (Wildman–Crippen MR) is 75.4 cm³/mol. The number of fused-ring (bicyclic) bond motifs is 1. The Morgan fingerprint density at radius 2 is 2.28 bits per heavy atom. The van der Waals surface area contributed by atoms with Crippen LogP contribution in [0.3, 0.4) is 0 Å². The van der Waals surface area contributed by atoms with E-state index in [2.05, 4.69) is 14.9 Å². The summed E-state index contributed by atoms with van der Waals surface area (Å²) in [5, 5.41) is 0. The molecule has 0 amide bonds. The summed E-state index contributed by atoms with van der Waals surface area (Å²) in [4.78, 5) is 12.4. The molecule has 0 atom stereocenters. The highest BCUT2D eigenvalue weighted by Gasteiger charge is 2.10. The first-order valence-corrected chi connectivity index (χ1v) is 7.86. The molecule has 6 heteroatoms. The van der Waals surface area contributed by atoms with Crippen molar-refractivity contribution in [2.45, 2.75) is 4.34 Å². The number of thiazole rings is 1. The summed E-state index contributed by atoms with van der Waals surface area (Å²) in [6, 6.07) is 3.95. The molecule has 0 unspecified atom stereocenters. The van der Waals surface area contributed by atoms with Crippen molar-refractivity contribution in [2.24, 2.45) is 0 Å². The minimum absolute atomic E-state index is 0.871. The van der Waals surface area contributed by atoms with Crippen LogP contribution in [-0.2, 0) is 4.74 Å². The van der Waals surface area contributed by atoms with Gasteiger partial charge in [0.05, 0.1) is 13.2 Å². The van der Waals surface area contributed by atoms with Crippen LogP contribution < -0.4 is 0 Å². The van der Waals surface area contributed by atoms with Gasteiger partial charge in [-0.2, -0.15) is 0 Å². The number of hydrogen-bond acceptors (Lipinski definition) is 6. The molecule has 0 aliphatic carbocycles. The number of hydrogen-bond donors (Lipinski definition) is 0. The second-order valence-corrected chi connectivity index (χ2v) is 6.43. The van der Waals surface area contributed by atoms with E-state index in [4.69, 9.17) is 4.74 Å². The lowest BCUT2D eigenvalue weighted by Gasteiger charge is -2.26. The highest BCUT2D eigenvalue weighted by molar-refractivity contribution is 8.01. The fourth-order valence-electron chi connectivity index (χ4n) is 1.90. The molecule has 0 spiro atoms. The fourth-order valence-corrected chi connectivity index (χ4v) is 3.95. The molecule has 1 aliphatic heterocycles. The maximum atomic E-state index is 5.34. The van der Waals surface area contributed by atoms with Gasteiger partial charge in [0, 0.05) is 31.6 Å². The van der Waals surface area contributed by atoms with Crippen molar-refractivity contribution in [3.63, 3.8) is 0 Å². The minimum Gasteiger partial charge on any atom is -0.379 e. The van der Waals surface area contributed by atoms with Gasteiger partial charge in [-0.1, -0.05) is 23.1 Å². The van der Waals surface area contributed by atoms with Crippen LogP contribution in [0.4, 0.5) is 0 Å². The van der Waals surface area contributed by atoms with E-state index < -0.39 is 0 Å². The van der Waals surface area contributed by atoms with Crippen LogP contribution >= 0.6 is 23.1 Å². The van der Waals surface area contributed by atoms with Gasteiger partial charge < -0.3 is 4.74 Å². The zero-order valence-corrected chi connectivity index (χ0v) is 11.7. The van der Waals surface area contributed by atoms with E-state index in [9.17, 15) is 0 Å². The zero-order valence-electron chi connectivity index (χ0n) is 10.0. The van der Waals surface area contributed by atoms with Gasteiger partial charge >= 0.3 is 0 Å². The standard InChI is InChI=1S/C12H15N3OS2/c1-2-10-11(13-3-1)18-12(14-10)17-9-6-15-4-7-16-8-5-15/h1-3H,4-9H2. The van der Waals surface area contributed by atoms with Gasteiger partial charge in [-0.05, 0) is 12.1 Å². The first-order chi connectivity index (χ1) is 8.92. The Morgan fingerprint density at radius 3 is 3.11 bits per heavy atom. The number of aromatic nitrogens is 2. The highest BCUT2D eigenvalue weighted by atomic mass is 32.2. The van der Waals surface area contributed by atoms with Crippen LogP contribution in [0, 0.1) is 0 Å². The molecule has 0 aromatic carbocycles. The second kappa shape index (κ2) is 5.97. The number of nitrogens with zero attached hydrogens (tertiary/aromatic N) is 3. The molecule has 0 radical (unpaired) electrons. The molecular formula is C12H15N3OS2. The molecule has 18 heavy (non-hydrogen) atoms. The smallest absolute Gasteiger partial charge is 0.152 e. The molecule has 96 valence electrons. The number of rotatable bonds is 4. The summed E-state index contributed by atoms with van der Waals surface area (Å²) < 4.78 is 6.46. The third-order valence-electron chi connectivity index (χ3n) is 2.88. The maximum absolute atomic E-state index is 5.34. The Labute approximate surface area is 114 Å². The van der Waals surface area contributed by atoms with Crippen molar-refractivity contribution < 1.29 is 4.74 Å². The molecule has 1 aliphatic rings. The summed E-state index contributed by atoms with van der Waals surface area (Å²) in [6.07, 6.45) is 1.82. The highest BCUT2D eigenvalue weighted by Crippen LogP contribution is 2.27. The predicted octanol–water partition coefficient (Wildman–Crippen LogP) is 2.12. The zero-order chi connectivity index (χ0) is 12.2. The SMILES string of the molecule is c1cnc2sc(SCCN3CCOCC3)nc2c1. The first-order valence-electron chi connectivity index (χ1n) is 6.06. The number of ether oxygens (including phenoxy) is 1. The molecule has 0 N–H and O–H groups in total. The summed E-state index contributed by atoms with van der Waals surface area (Å²) in [7, 11) is 0. The average Bonchev–Trinajstić information content (AvgIpc) is 2.82. The number of pyridine rings is 1. The van der Waals surface area contributed by atoms with Crippen molar-refractivity contribution >= 4 is 33.4 Å². The lowest BCUT2D eigenvalue weighted by atomic mass is 10.4. The third kappa shape index (κ3) is 3.00. The normalized spacial score (nSPS) is 17.3. The van der Waals surface area contributed by atoms with Crippen LogP contribution in [0.2, 0.25) is 0 Å². The van der Waals surface area contributed by atoms with Gasteiger partial charge in [0.1, 0.15) is 10.3 Å². The number of thioether (sulfide) groups is 1. The Balaban J connectivity index is 1.53. The third-order valence-corrected chi connectivity index (χ3v) is 4.99. The Morgan fingerprint density at radius 1 is 1.39 bits per heavy atom. The average molecular weight is 281 g/mol. The van der Waals surface area contributed by atoms with Crippen LogP contribution in [-0.4, -0.2) is 53.5 Å². The van der Waals surface area contributed by atoms with E-state index in [-0.39, 0.29) is 0 Å². The van der Waals surface area contributed by atoms with Crippen molar-refractivity contribution in [2.75, 3.05) is 38.6 Å². The molecule has 0 bridgehead atoms. The quantitative estimate of drug-likeness (QED) is 0.803. The Kier molecular flexibility index (Phi) is 4.09. The van der Waals surface area contributed by atoms with Crippen LogP contribution in [0.5, 0.6) is 0 Å². The van der Waals surface area contributed by atoms with Crippen molar-refractivity contribution in [1.29, 1.82) is 0 Å². The molecule has 2 aromatic rings. The number of morpholine rings is 1. The minimum atomic E-state index is 0.871. The lowest BCUT2D eigenvalue weighted by molar-refractivity contribution is 0.0410. The topological polar surface area (TPSA) is 38.2 Å². The van der Waals surface area contributed by atoms with Gasteiger partial charge in [-0.15, -0.1) is 0 Å². The molecule has 0 saturated carbocycles. The van der Waals surface area contributed by atoms with Gasteiger partial charge in [0.15, 0.2) is 4.34 Å². The lowest BCUT2D eigenvalue weighted by Crippen LogP contribution is -2.37. The molecule has 3 heterocycles. The monoisotopic (exact) mass is 281 g/mol. The van der Waals surface area contributed by atoms with E-state index in [0.29, 0.717) is 0 Å². The van der Waals surface area contributed by atoms with Crippen LogP contribution in [0.1, 0.15) is 0 Å². The summed E-state index contributed by atoms with van der Waals surface area (Å²) in [6.45, 7) is 4.97. The van der Waals surface area contributed by atoms with Crippen molar-refractivity contribution in [3.05, 3.63) is 18.3 Å². The van der Waals surface area contributed by atoms with Crippen molar-refractivity contribution in [1.82, 2.24) is 14.9 Å². The van der Waals surface area contributed by atoms with Gasteiger partial charge in [0.2, 0.25) is 0 Å². The van der Waals surface area contributed by atoms with E-state index in [0.717, 1.165) is 53.3 Å². The van der Waals surface area contributed by atoms with Gasteiger partial charge in [-0.25, -0.2) is 9.97 Å². The maximum Gasteiger partial charge on any atom is 0.152 e. The molecule has 4 nitrogen and oxygen atoms in total. The Hall–Kier alpha value is -0.690. The molecular weight excluding hydrogens is 266 g/mol. The van der Waals surface area contributed by atoms with E-state index in [1.807, 2.05) is 30.1 Å². The Bertz CT molecular complexity index is 478. The molecule has 1 fully saturated rings. The van der Waals surface area contributed by atoms with E-state index in [1.165, 1.54) is 0 Å².